The van der Waals surface area contributed by atoms with Crippen molar-refractivity contribution in [1.29, 1.82) is 0 Å². The fraction of sp³-hybridized carbons (Fsp3) is 0.385. The lowest BCUT2D eigenvalue weighted by atomic mass is 9.80. The van der Waals surface area contributed by atoms with Gasteiger partial charge in [0.25, 0.3) is 0 Å². The minimum Gasteiger partial charge on any atom is -0.481 e. The fourth-order valence-corrected chi connectivity index (χ4v) is 2.38. The summed E-state index contributed by atoms with van der Waals surface area (Å²) in [5.74, 6) is -5.07. The highest BCUT2D eigenvalue weighted by Gasteiger charge is 2.38. The topological polar surface area (TPSA) is 66.4 Å². The van der Waals surface area contributed by atoms with Crippen LogP contribution in [0, 0.1) is 11.7 Å². The van der Waals surface area contributed by atoms with Crippen LogP contribution in [0.5, 0.6) is 0 Å². The van der Waals surface area contributed by atoms with Gasteiger partial charge in [-0.25, -0.2) is 4.39 Å². The number of rotatable bonds is 2. The fourth-order valence-electron chi connectivity index (χ4n) is 2.38. The molecule has 1 amide bonds. The average molecular weight is 305 g/mol. The van der Waals surface area contributed by atoms with Gasteiger partial charge >= 0.3 is 12.1 Å². The third-order valence-electron chi connectivity index (χ3n) is 3.45. The zero-order valence-electron chi connectivity index (χ0n) is 10.6. The molecule has 21 heavy (non-hydrogen) atoms. The van der Waals surface area contributed by atoms with Gasteiger partial charge in [-0.2, -0.15) is 13.2 Å². The number of carboxylic acids is 1. The predicted molar refractivity (Wildman–Crippen MR) is 62.9 cm³/mol. The van der Waals surface area contributed by atoms with Gasteiger partial charge in [0.15, 0.2) is 0 Å². The van der Waals surface area contributed by atoms with E-state index >= 15 is 0 Å². The molecule has 2 rings (SSSR count). The zero-order chi connectivity index (χ0) is 15.8. The van der Waals surface area contributed by atoms with Crippen molar-refractivity contribution in [2.24, 2.45) is 5.92 Å². The van der Waals surface area contributed by atoms with Crippen LogP contribution < -0.4 is 5.32 Å². The zero-order valence-corrected chi connectivity index (χ0v) is 10.6. The summed E-state index contributed by atoms with van der Waals surface area (Å²) >= 11 is 0. The molecule has 114 valence electrons. The highest BCUT2D eigenvalue weighted by atomic mass is 19.4. The third-order valence-corrected chi connectivity index (χ3v) is 3.45. The van der Waals surface area contributed by atoms with Gasteiger partial charge in [-0.3, -0.25) is 9.59 Å². The Morgan fingerprint density at radius 3 is 2.57 bits per heavy atom. The van der Waals surface area contributed by atoms with Crippen LogP contribution in [0.25, 0.3) is 0 Å². The molecule has 0 radical (unpaired) electrons. The molecule has 0 aliphatic carbocycles. The summed E-state index contributed by atoms with van der Waals surface area (Å²) in [6, 6.07) is 2.31. The summed E-state index contributed by atoms with van der Waals surface area (Å²) in [5.41, 5.74) is -1.47. The first-order valence-electron chi connectivity index (χ1n) is 6.06. The molecule has 1 unspecified atom stereocenters. The maximum absolute atomic E-state index is 13.2. The highest BCUT2D eigenvalue weighted by Crippen LogP contribution is 2.37. The first-order valence-corrected chi connectivity index (χ1v) is 6.06. The summed E-state index contributed by atoms with van der Waals surface area (Å²) in [6.45, 7) is -0.169. The van der Waals surface area contributed by atoms with Crippen molar-refractivity contribution in [1.82, 2.24) is 5.32 Å². The van der Waals surface area contributed by atoms with E-state index < -0.39 is 41.3 Å². The molecular weight excluding hydrogens is 294 g/mol. The summed E-state index contributed by atoms with van der Waals surface area (Å²) in [6.07, 6.45) is -5.13. The van der Waals surface area contributed by atoms with Crippen LogP contribution in [0.4, 0.5) is 17.6 Å². The summed E-state index contributed by atoms with van der Waals surface area (Å²) in [7, 11) is 0. The second kappa shape index (κ2) is 5.34. The van der Waals surface area contributed by atoms with Gasteiger partial charge in [0.1, 0.15) is 5.82 Å². The molecule has 1 heterocycles. The Bertz CT molecular complexity index is 585. The van der Waals surface area contributed by atoms with E-state index in [1.807, 2.05) is 0 Å². The standard InChI is InChI=1S/C13H11F4NO3/c14-10-2-1-6(3-9(10)13(15,16)17)7-4-11(19)18-5-8(7)12(20)21/h1-3,7-8H,4-5H2,(H,18,19)(H,20,21)/t7?,8-/m1/s1. The van der Waals surface area contributed by atoms with Gasteiger partial charge in [-0.1, -0.05) is 6.07 Å². The number of carbonyl (C=O) groups is 2. The number of benzene rings is 1. The number of alkyl halides is 3. The number of halogens is 4. The molecule has 1 aliphatic heterocycles. The van der Waals surface area contributed by atoms with Gasteiger partial charge in [0.2, 0.25) is 5.91 Å². The van der Waals surface area contributed by atoms with Crippen LogP contribution in [0.1, 0.15) is 23.5 Å². The van der Waals surface area contributed by atoms with E-state index in [-0.39, 0.29) is 18.5 Å². The Kier molecular flexibility index (Phi) is 3.89. The predicted octanol–water partition coefficient (Wildman–Crippen LogP) is 2.15. The van der Waals surface area contributed by atoms with Crippen molar-refractivity contribution in [3.05, 3.63) is 35.1 Å². The molecule has 8 heteroatoms. The van der Waals surface area contributed by atoms with Crippen molar-refractivity contribution in [3.63, 3.8) is 0 Å². The number of aliphatic carboxylic acids is 1. The number of hydrogen-bond acceptors (Lipinski definition) is 2. The maximum atomic E-state index is 13.2. The maximum Gasteiger partial charge on any atom is 0.419 e. The molecule has 4 nitrogen and oxygen atoms in total. The van der Waals surface area contributed by atoms with E-state index in [0.717, 1.165) is 6.07 Å². The number of piperidine rings is 1. The quantitative estimate of drug-likeness (QED) is 0.823. The van der Waals surface area contributed by atoms with Crippen molar-refractivity contribution in [3.8, 4) is 0 Å². The molecule has 0 bridgehead atoms. The molecule has 1 fully saturated rings. The van der Waals surface area contributed by atoms with Gasteiger partial charge in [-0.15, -0.1) is 0 Å². The van der Waals surface area contributed by atoms with Crippen LogP contribution in [0.15, 0.2) is 18.2 Å². The summed E-state index contributed by atoms with van der Waals surface area (Å²) in [4.78, 5) is 22.5. The number of hydrogen-bond donors (Lipinski definition) is 2. The number of carbonyl (C=O) groups excluding carboxylic acids is 1. The molecule has 1 saturated heterocycles. The van der Waals surface area contributed by atoms with Crippen LogP contribution in [0.3, 0.4) is 0 Å². The van der Waals surface area contributed by atoms with Crippen LogP contribution in [-0.4, -0.2) is 23.5 Å². The molecule has 0 spiro atoms. The van der Waals surface area contributed by atoms with Crippen molar-refractivity contribution >= 4 is 11.9 Å². The molecule has 0 aromatic heterocycles. The number of nitrogens with one attached hydrogen (secondary N) is 1. The van der Waals surface area contributed by atoms with E-state index in [1.54, 1.807) is 0 Å². The summed E-state index contributed by atoms with van der Waals surface area (Å²) < 4.78 is 51.3. The molecule has 1 aromatic carbocycles. The molecule has 2 N–H and O–H groups in total. The van der Waals surface area contributed by atoms with Crippen molar-refractivity contribution < 1.29 is 32.3 Å². The van der Waals surface area contributed by atoms with Gasteiger partial charge < -0.3 is 10.4 Å². The lowest BCUT2D eigenvalue weighted by Gasteiger charge is -2.29. The number of carboxylic acid groups (broad SMARTS) is 1. The first kappa shape index (κ1) is 15.3. The number of amides is 1. The first-order chi connectivity index (χ1) is 9.70. The second-order valence-electron chi connectivity index (χ2n) is 4.80. The Labute approximate surface area is 116 Å². The van der Waals surface area contributed by atoms with Crippen LogP contribution >= 0.6 is 0 Å². The Balaban J connectivity index is 2.43. The molecule has 1 aromatic rings. The molecular formula is C13H11F4NO3. The van der Waals surface area contributed by atoms with E-state index in [1.165, 1.54) is 0 Å². The lowest BCUT2D eigenvalue weighted by molar-refractivity contribution is -0.144. The van der Waals surface area contributed by atoms with Crippen LogP contribution in [-0.2, 0) is 15.8 Å². The molecule has 2 atom stereocenters. The smallest absolute Gasteiger partial charge is 0.419 e. The van der Waals surface area contributed by atoms with Gasteiger partial charge in [0.05, 0.1) is 11.5 Å². The van der Waals surface area contributed by atoms with E-state index in [0.29, 0.717) is 12.1 Å². The highest BCUT2D eigenvalue weighted by molar-refractivity contribution is 5.82. The van der Waals surface area contributed by atoms with Crippen molar-refractivity contribution in [2.45, 2.75) is 18.5 Å². The minimum absolute atomic E-state index is 0.00836. The minimum atomic E-state index is -4.88. The van der Waals surface area contributed by atoms with Crippen LogP contribution in [0.2, 0.25) is 0 Å². The largest absolute Gasteiger partial charge is 0.481 e. The van der Waals surface area contributed by atoms with Gasteiger partial charge in [0, 0.05) is 18.9 Å². The molecule has 1 aliphatic rings. The third kappa shape index (κ3) is 3.14. The van der Waals surface area contributed by atoms with Gasteiger partial charge in [-0.05, 0) is 17.7 Å². The Morgan fingerprint density at radius 2 is 2.00 bits per heavy atom. The van der Waals surface area contributed by atoms with E-state index in [4.69, 9.17) is 5.11 Å². The molecule has 0 saturated carbocycles. The van der Waals surface area contributed by atoms with E-state index in [2.05, 4.69) is 5.32 Å². The summed E-state index contributed by atoms with van der Waals surface area (Å²) in [5, 5.41) is 11.4. The normalized spacial score (nSPS) is 22.8. The van der Waals surface area contributed by atoms with E-state index in [9.17, 15) is 27.2 Å². The Morgan fingerprint density at radius 1 is 1.33 bits per heavy atom. The SMILES string of the molecule is O=C1CC(c2ccc(F)c(C(F)(F)F)c2)[C@H](C(=O)O)CN1. The monoisotopic (exact) mass is 305 g/mol. The second-order valence-corrected chi connectivity index (χ2v) is 4.80. The van der Waals surface area contributed by atoms with Crippen molar-refractivity contribution in [2.75, 3.05) is 6.54 Å². The average Bonchev–Trinajstić information content (AvgIpc) is 2.37. The Hall–Kier alpha value is -2.12. The lowest BCUT2D eigenvalue weighted by Crippen LogP contribution is -2.43.